The molecule has 0 bridgehead atoms. The fourth-order valence-electron chi connectivity index (χ4n) is 1.94. The lowest BCUT2D eigenvalue weighted by Crippen LogP contribution is -2.38. The smallest absolute Gasteiger partial charge is 0.325 e. The summed E-state index contributed by atoms with van der Waals surface area (Å²) in [6.07, 6.45) is 0.738. The van der Waals surface area contributed by atoms with Crippen molar-refractivity contribution in [2.45, 2.75) is 33.7 Å². The van der Waals surface area contributed by atoms with Gasteiger partial charge in [0.2, 0.25) is 0 Å². The van der Waals surface area contributed by atoms with Crippen LogP contribution in [-0.2, 0) is 16.1 Å². The van der Waals surface area contributed by atoms with Crippen LogP contribution in [0.4, 0.5) is 5.69 Å². The van der Waals surface area contributed by atoms with E-state index in [0.29, 0.717) is 30.2 Å². The highest BCUT2D eigenvalue weighted by Gasteiger charge is 2.25. The van der Waals surface area contributed by atoms with E-state index >= 15 is 0 Å². The van der Waals surface area contributed by atoms with Gasteiger partial charge in [0.05, 0.1) is 18.5 Å². The Labute approximate surface area is 118 Å². The molecule has 1 heterocycles. The molecule has 0 fully saturated rings. The number of methoxy groups -OCH3 is 1. The molecule has 20 heavy (non-hydrogen) atoms. The first-order valence-corrected chi connectivity index (χ1v) is 6.65. The predicted octanol–water partition coefficient (Wildman–Crippen LogP) is 0.819. The molecule has 0 saturated heterocycles. The van der Waals surface area contributed by atoms with Crippen LogP contribution in [0.15, 0.2) is 0 Å². The minimum absolute atomic E-state index is 0.0868. The predicted molar refractivity (Wildman–Crippen MR) is 75.3 cm³/mol. The lowest BCUT2D eigenvalue weighted by atomic mass is 10.2. The van der Waals surface area contributed by atoms with Crippen LogP contribution in [-0.4, -0.2) is 46.8 Å². The van der Waals surface area contributed by atoms with Gasteiger partial charge in [-0.3, -0.25) is 14.3 Å². The Bertz CT molecular complexity index is 496. The van der Waals surface area contributed by atoms with Crippen LogP contribution in [0.25, 0.3) is 0 Å². The number of hydrogen-bond acceptors (Lipinski definition) is 5. The zero-order valence-corrected chi connectivity index (χ0v) is 12.5. The largest absolute Gasteiger partial charge is 0.468 e. The molecule has 0 aliphatic carbocycles. The number of amides is 1. The third-order valence-corrected chi connectivity index (χ3v) is 3.00. The normalized spacial score (nSPS) is 10.4. The SMILES string of the molecule is CCCN(CC(=O)OC)C(=O)c1c(N)c(C)nn1CC. The van der Waals surface area contributed by atoms with E-state index in [-0.39, 0.29) is 12.5 Å². The highest BCUT2D eigenvalue weighted by Crippen LogP contribution is 2.18. The number of carbonyl (C=O) groups excluding carboxylic acids is 2. The number of nitrogens with two attached hydrogens (primary N) is 1. The average molecular weight is 282 g/mol. The summed E-state index contributed by atoms with van der Waals surface area (Å²) in [5, 5.41) is 4.22. The number of rotatable bonds is 6. The van der Waals surface area contributed by atoms with E-state index in [0.717, 1.165) is 6.42 Å². The number of anilines is 1. The highest BCUT2D eigenvalue weighted by atomic mass is 16.5. The number of ether oxygens (including phenoxy) is 1. The van der Waals surface area contributed by atoms with E-state index in [9.17, 15) is 9.59 Å². The maximum atomic E-state index is 12.6. The summed E-state index contributed by atoms with van der Waals surface area (Å²) in [7, 11) is 1.30. The Balaban J connectivity index is 3.08. The third-order valence-electron chi connectivity index (χ3n) is 3.00. The molecule has 1 rings (SSSR count). The Morgan fingerprint density at radius 1 is 1.40 bits per heavy atom. The van der Waals surface area contributed by atoms with Gasteiger partial charge in [0.25, 0.3) is 5.91 Å². The van der Waals surface area contributed by atoms with Gasteiger partial charge in [0.15, 0.2) is 0 Å². The molecule has 0 saturated carbocycles. The minimum atomic E-state index is -0.454. The van der Waals surface area contributed by atoms with Gasteiger partial charge in [0.1, 0.15) is 12.2 Å². The molecule has 0 spiro atoms. The van der Waals surface area contributed by atoms with Gasteiger partial charge in [-0.1, -0.05) is 6.92 Å². The van der Waals surface area contributed by atoms with Gasteiger partial charge in [-0.25, -0.2) is 0 Å². The molecular weight excluding hydrogens is 260 g/mol. The number of nitrogens with zero attached hydrogens (tertiary/aromatic N) is 3. The first kappa shape index (κ1) is 16.0. The van der Waals surface area contributed by atoms with Crippen LogP contribution in [0.5, 0.6) is 0 Å². The summed E-state index contributed by atoms with van der Waals surface area (Å²) in [5.41, 5.74) is 7.24. The van der Waals surface area contributed by atoms with E-state index in [1.807, 2.05) is 13.8 Å². The van der Waals surface area contributed by atoms with E-state index in [1.54, 1.807) is 11.6 Å². The van der Waals surface area contributed by atoms with Crippen molar-refractivity contribution in [2.24, 2.45) is 0 Å². The molecule has 7 nitrogen and oxygen atoms in total. The topological polar surface area (TPSA) is 90.4 Å². The van der Waals surface area contributed by atoms with Crippen LogP contribution in [0.3, 0.4) is 0 Å². The Hall–Kier alpha value is -2.05. The second-order valence-electron chi connectivity index (χ2n) is 4.47. The minimum Gasteiger partial charge on any atom is -0.468 e. The van der Waals surface area contributed by atoms with Gasteiger partial charge in [-0.05, 0) is 20.3 Å². The average Bonchev–Trinajstić information content (AvgIpc) is 2.72. The summed E-state index contributed by atoms with van der Waals surface area (Å²) in [6.45, 7) is 6.48. The van der Waals surface area contributed by atoms with E-state index < -0.39 is 5.97 Å². The molecule has 0 unspecified atom stereocenters. The standard InChI is InChI=1S/C13H22N4O3/c1-5-7-16(8-10(18)20-4)13(19)12-11(14)9(3)15-17(12)6-2/h5-8,14H2,1-4H3. The quantitative estimate of drug-likeness (QED) is 0.780. The van der Waals surface area contributed by atoms with E-state index in [2.05, 4.69) is 9.84 Å². The number of nitrogen functional groups attached to an aromatic ring is 1. The zero-order valence-electron chi connectivity index (χ0n) is 12.5. The Kier molecular flexibility index (Phi) is 5.54. The Morgan fingerprint density at radius 2 is 2.05 bits per heavy atom. The fourth-order valence-corrected chi connectivity index (χ4v) is 1.94. The van der Waals surface area contributed by atoms with E-state index in [1.165, 1.54) is 12.0 Å². The maximum absolute atomic E-state index is 12.6. The molecule has 112 valence electrons. The maximum Gasteiger partial charge on any atom is 0.325 e. The molecule has 1 aromatic heterocycles. The summed E-state index contributed by atoms with van der Waals surface area (Å²) in [4.78, 5) is 25.4. The van der Waals surface area contributed by atoms with Crippen LogP contribution in [0.2, 0.25) is 0 Å². The molecule has 7 heteroatoms. The second kappa shape index (κ2) is 6.93. The van der Waals surface area contributed by atoms with Crippen LogP contribution in [0, 0.1) is 6.92 Å². The van der Waals surface area contributed by atoms with Crippen molar-refractivity contribution in [3.63, 3.8) is 0 Å². The molecule has 1 amide bonds. The van der Waals surface area contributed by atoms with Gasteiger partial charge >= 0.3 is 5.97 Å². The van der Waals surface area contributed by atoms with Crippen LogP contribution >= 0.6 is 0 Å². The number of aromatic nitrogens is 2. The van der Waals surface area contributed by atoms with Gasteiger partial charge in [0, 0.05) is 13.1 Å². The molecule has 0 aliphatic heterocycles. The van der Waals surface area contributed by atoms with Gasteiger partial charge in [-0.15, -0.1) is 0 Å². The summed E-state index contributed by atoms with van der Waals surface area (Å²) in [6, 6.07) is 0. The van der Waals surface area contributed by atoms with Crippen molar-refractivity contribution >= 4 is 17.6 Å². The first-order chi connectivity index (χ1) is 9.46. The molecule has 2 N–H and O–H groups in total. The van der Waals surface area contributed by atoms with Crippen molar-refractivity contribution < 1.29 is 14.3 Å². The van der Waals surface area contributed by atoms with Crippen molar-refractivity contribution in [1.82, 2.24) is 14.7 Å². The number of esters is 1. The second-order valence-corrected chi connectivity index (χ2v) is 4.47. The summed E-state index contributed by atoms with van der Waals surface area (Å²) in [5.74, 6) is -0.748. The van der Waals surface area contributed by atoms with Crippen LogP contribution in [0.1, 0.15) is 36.5 Å². The number of hydrogen-bond donors (Lipinski definition) is 1. The molecular formula is C13H22N4O3. The molecule has 0 atom stereocenters. The van der Waals surface area contributed by atoms with Crippen LogP contribution < -0.4 is 5.73 Å². The monoisotopic (exact) mass is 282 g/mol. The number of aryl methyl sites for hydroxylation is 2. The van der Waals surface area contributed by atoms with Crippen molar-refractivity contribution in [3.05, 3.63) is 11.4 Å². The van der Waals surface area contributed by atoms with Crippen molar-refractivity contribution in [1.29, 1.82) is 0 Å². The lowest BCUT2D eigenvalue weighted by Gasteiger charge is -2.21. The van der Waals surface area contributed by atoms with Crippen molar-refractivity contribution in [3.8, 4) is 0 Å². The molecule has 0 radical (unpaired) electrons. The Morgan fingerprint density at radius 3 is 2.55 bits per heavy atom. The van der Waals surface area contributed by atoms with Crippen molar-refractivity contribution in [2.75, 3.05) is 25.9 Å². The molecule has 0 aromatic carbocycles. The number of carbonyl (C=O) groups is 2. The first-order valence-electron chi connectivity index (χ1n) is 6.65. The summed E-state index contributed by atoms with van der Waals surface area (Å²) >= 11 is 0. The molecule has 0 aliphatic rings. The fraction of sp³-hybridized carbons (Fsp3) is 0.615. The van der Waals surface area contributed by atoms with Gasteiger partial charge in [-0.2, -0.15) is 5.10 Å². The van der Waals surface area contributed by atoms with Gasteiger partial charge < -0.3 is 15.4 Å². The van der Waals surface area contributed by atoms with E-state index in [4.69, 9.17) is 5.73 Å². The third kappa shape index (κ3) is 3.28. The zero-order chi connectivity index (χ0) is 15.3. The molecule has 1 aromatic rings. The highest BCUT2D eigenvalue weighted by molar-refractivity contribution is 5.99. The lowest BCUT2D eigenvalue weighted by molar-refractivity contribution is -0.141. The summed E-state index contributed by atoms with van der Waals surface area (Å²) < 4.78 is 6.18.